The number of aromatic nitrogens is 3. The summed E-state index contributed by atoms with van der Waals surface area (Å²) in [6.45, 7) is 0.644. The Bertz CT molecular complexity index is 1810. The van der Waals surface area contributed by atoms with E-state index in [0.717, 1.165) is 5.52 Å². The fourth-order valence-electron chi connectivity index (χ4n) is 4.37. The van der Waals surface area contributed by atoms with Crippen LogP contribution in [0.15, 0.2) is 97.3 Å². The average molecular weight is 578 g/mol. The molecule has 218 valence electrons. The average Bonchev–Trinajstić information content (AvgIpc) is 3.43. The summed E-state index contributed by atoms with van der Waals surface area (Å²) in [5.74, 6) is 0.822. The van der Waals surface area contributed by atoms with Crippen molar-refractivity contribution in [2.45, 2.75) is 0 Å². The van der Waals surface area contributed by atoms with E-state index in [2.05, 4.69) is 25.9 Å². The zero-order chi connectivity index (χ0) is 30.3. The maximum absolute atomic E-state index is 13.0. The number of fused-ring (bicyclic) bond motifs is 1. The molecule has 0 saturated heterocycles. The number of likely N-dealkylation sites (N-methyl/N-ethyl adjacent to an activating group) is 1. The van der Waals surface area contributed by atoms with E-state index in [1.54, 1.807) is 79.1 Å². The lowest BCUT2D eigenvalue weighted by atomic mass is 10.1. The Kier molecular flexibility index (Phi) is 8.63. The summed E-state index contributed by atoms with van der Waals surface area (Å²) in [6.07, 6.45) is 6.59. The van der Waals surface area contributed by atoms with Gasteiger partial charge in [0.2, 0.25) is 11.9 Å². The van der Waals surface area contributed by atoms with E-state index in [1.165, 1.54) is 13.2 Å². The van der Waals surface area contributed by atoms with Crippen LogP contribution in [0, 0.1) is 0 Å². The van der Waals surface area contributed by atoms with E-state index in [-0.39, 0.29) is 17.6 Å². The molecule has 4 N–H and O–H groups in total. The van der Waals surface area contributed by atoms with Crippen molar-refractivity contribution in [3.8, 4) is 17.3 Å². The van der Waals surface area contributed by atoms with Gasteiger partial charge in [-0.2, -0.15) is 4.98 Å². The van der Waals surface area contributed by atoms with Crippen LogP contribution in [-0.4, -0.2) is 64.1 Å². The number of hydrogen-bond donors (Lipinski definition) is 4. The van der Waals surface area contributed by atoms with Gasteiger partial charge in [-0.15, -0.1) is 0 Å². The van der Waals surface area contributed by atoms with Gasteiger partial charge < -0.3 is 30.7 Å². The zero-order valence-electron chi connectivity index (χ0n) is 23.9. The number of carbonyl (C=O) groups excluding carboxylic acids is 2. The summed E-state index contributed by atoms with van der Waals surface area (Å²) in [7, 11) is 5.37. The molecule has 5 rings (SSSR count). The van der Waals surface area contributed by atoms with Crippen molar-refractivity contribution in [1.29, 1.82) is 0 Å². The number of ether oxygens (including phenoxy) is 1. The number of aromatic hydroxyl groups is 1. The van der Waals surface area contributed by atoms with Crippen molar-refractivity contribution in [2.75, 3.05) is 43.7 Å². The van der Waals surface area contributed by atoms with Crippen molar-refractivity contribution >= 4 is 45.7 Å². The Morgan fingerprint density at radius 3 is 2.51 bits per heavy atom. The molecule has 3 aromatic carbocycles. The molecule has 0 unspecified atom stereocenters. The van der Waals surface area contributed by atoms with E-state index in [9.17, 15) is 14.7 Å². The van der Waals surface area contributed by atoms with E-state index in [4.69, 9.17) is 4.74 Å². The van der Waals surface area contributed by atoms with Gasteiger partial charge in [0.1, 0.15) is 5.75 Å². The van der Waals surface area contributed by atoms with Crippen molar-refractivity contribution < 1.29 is 19.4 Å². The molecule has 11 heteroatoms. The van der Waals surface area contributed by atoms with Crippen LogP contribution in [0.25, 0.3) is 16.7 Å². The normalized spacial score (nSPS) is 11.2. The van der Waals surface area contributed by atoms with E-state index < -0.39 is 0 Å². The summed E-state index contributed by atoms with van der Waals surface area (Å²) in [5.41, 5.74) is 2.87. The number of nitrogens with zero attached hydrogens (tertiary/aromatic N) is 4. The zero-order valence-corrected chi connectivity index (χ0v) is 23.9. The van der Waals surface area contributed by atoms with E-state index in [1.807, 2.05) is 35.7 Å². The Morgan fingerprint density at radius 2 is 1.72 bits per heavy atom. The summed E-state index contributed by atoms with van der Waals surface area (Å²) in [5, 5.41) is 19.7. The minimum absolute atomic E-state index is 0.172. The Balaban J connectivity index is 1.30. The molecule has 5 aromatic rings. The molecule has 43 heavy (non-hydrogen) atoms. The molecular weight excluding hydrogens is 546 g/mol. The molecule has 0 aliphatic carbocycles. The second-order valence-corrected chi connectivity index (χ2v) is 9.88. The van der Waals surface area contributed by atoms with Crippen molar-refractivity contribution in [1.82, 2.24) is 19.4 Å². The van der Waals surface area contributed by atoms with Crippen LogP contribution >= 0.6 is 0 Å². The van der Waals surface area contributed by atoms with Gasteiger partial charge in [0.15, 0.2) is 11.6 Å². The Labute approximate surface area is 248 Å². The highest BCUT2D eigenvalue weighted by atomic mass is 16.5. The molecule has 0 spiro atoms. The third kappa shape index (κ3) is 6.97. The number of carbonyl (C=O) groups is 2. The molecule has 2 aromatic heterocycles. The maximum atomic E-state index is 13.0. The molecule has 2 amide bonds. The number of rotatable bonds is 10. The van der Waals surface area contributed by atoms with Crippen molar-refractivity contribution in [3.05, 3.63) is 103 Å². The fraction of sp³-hybridized carbons (Fsp3) is 0.125. The molecular formula is C32H31N7O4. The number of phenols is 1. The number of anilines is 4. The first-order valence-corrected chi connectivity index (χ1v) is 13.4. The number of methoxy groups -OCH3 is 1. The maximum Gasteiger partial charge on any atom is 0.255 e. The minimum Gasteiger partial charge on any atom is -0.507 e. The summed E-state index contributed by atoms with van der Waals surface area (Å²) >= 11 is 0. The van der Waals surface area contributed by atoms with Crippen LogP contribution < -0.4 is 20.7 Å². The standard InChI is InChI=1S/C32H31N7O4/c1-38(2)16-7-14-29(41)34-22-9-4-8-21(18-22)31(42)35-23-10-5-11-24(19-23)36-32-33-20-28(43-3)30(37-32)39-17-15-25-26(39)12-6-13-27(25)40/h4-15,17-20,40H,16H2,1-3H3,(H,34,41)(H,35,42)(H,33,36,37)/b14-7+. The Hall–Kier alpha value is -5.68. The first-order chi connectivity index (χ1) is 20.8. The Morgan fingerprint density at radius 1 is 0.977 bits per heavy atom. The summed E-state index contributed by atoms with van der Waals surface area (Å²) in [6, 6.07) is 20.9. The third-order valence-electron chi connectivity index (χ3n) is 6.40. The summed E-state index contributed by atoms with van der Waals surface area (Å²) in [4.78, 5) is 36.2. The van der Waals surface area contributed by atoms with Crippen LogP contribution in [0.2, 0.25) is 0 Å². The molecule has 0 fully saturated rings. The van der Waals surface area contributed by atoms with Gasteiger partial charge in [0.25, 0.3) is 5.91 Å². The first kappa shape index (κ1) is 28.8. The second kappa shape index (κ2) is 12.9. The highest BCUT2D eigenvalue weighted by molar-refractivity contribution is 6.06. The number of amides is 2. The number of phenolic OH excluding ortho intramolecular Hbond substituents is 1. The van der Waals surface area contributed by atoms with E-state index >= 15 is 0 Å². The largest absolute Gasteiger partial charge is 0.507 e. The molecule has 0 bridgehead atoms. The molecule has 0 aliphatic heterocycles. The smallest absolute Gasteiger partial charge is 0.255 e. The molecule has 0 saturated carbocycles. The van der Waals surface area contributed by atoms with Crippen LogP contribution in [0.3, 0.4) is 0 Å². The predicted molar refractivity (Wildman–Crippen MR) is 168 cm³/mol. The van der Waals surface area contributed by atoms with Crippen LogP contribution in [0.1, 0.15) is 10.4 Å². The number of hydrogen-bond acceptors (Lipinski definition) is 8. The molecule has 2 heterocycles. The minimum atomic E-state index is -0.331. The lowest BCUT2D eigenvalue weighted by Crippen LogP contribution is -2.14. The first-order valence-electron chi connectivity index (χ1n) is 13.4. The fourth-order valence-corrected chi connectivity index (χ4v) is 4.37. The van der Waals surface area contributed by atoms with E-state index in [0.29, 0.717) is 52.1 Å². The molecule has 0 aliphatic rings. The van der Waals surface area contributed by atoms with Gasteiger partial charge in [-0.25, -0.2) is 4.98 Å². The van der Waals surface area contributed by atoms with Crippen molar-refractivity contribution in [2.24, 2.45) is 0 Å². The predicted octanol–water partition coefficient (Wildman–Crippen LogP) is 5.19. The quantitative estimate of drug-likeness (QED) is 0.167. The highest BCUT2D eigenvalue weighted by Crippen LogP contribution is 2.31. The molecule has 0 atom stereocenters. The third-order valence-corrected chi connectivity index (χ3v) is 6.40. The van der Waals surface area contributed by atoms with Crippen LogP contribution in [-0.2, 0) is 4.79 Å². The lowest BCUT2D eigenvalue weighted by Gasteiger charge is -2.13. The topological polar surface area (TPSA) is 134 Å². The van der Waals surface area contributed by atoms with Crippen molar-refractivity contribution in [3.63, 3.8) is 0 Å². The molecule has 0 radical (unpaired) electrons. The second-order valence-electron chi connectivity index (χ2n) is 9.88. The van der Waals surface area contributed by atoms with Gasteiger partial charge in [-0.05, 0) is 68.7 Å². The van der Waals surface area contributed by atoms with Gasteiger partial charge in [-0.3, -0.25) is 14.2 Å². The number of benzene rings is 3. The monoisotopic (exact) mass is 577 g/mol. The van der Waals surface area contributed by atoms with Crippen LogP contribution in [0.4, 0.5) is 23.0 Å². The molecule has 11 nitrogen and oxygen atoms in total. The lowest BCUT2D eigenvalue weighted by molar-refractivity contribution is -0.111. The summed E-state index contributed by atoms with van der Waals surface area (Å²) < 4.78 is 7.32. The van der Waals surface area contributed by atoms with Gasteiger partial charge >= 0.3 is 0 Å². The highest BCUT2D eigenvalue weighted by Gasteiger charge is 2.15. The number of nitrogens with one attached hydrogen (secondary N) is 3. The SMILES string of the molecule is COc1cnc(Nc2cccc(NC(=O)c3cccc(NC(=O)/C=C/CN(C)C)c3)c2)nc1-n1ccc2c(O)cccc21. The van der Waals surface area contributed by atoms with Crippen LogP contribution in [0.5, 0.6) is 11.5 Å². The van der Waals surface area contributed by atoms with Gasteiger partial charge in [0, 0.05) is 46.8 Å². The van der Waals surface area contributed by atoms with Gasteiger partial charge in [-0.1, -0.05) is 24.3 Å². The van der Waals surface area contributed by atoms with Gasteiger partial charge in [0.05, 0.1) is 18.8 Å².